The molecule has 2 amide bonds. The SMILES string of the molecule is CCON=CC1=C(C(=O)O)N2C(=O)C(NC(=O)Cc3cccs3)[C@@H]2[S+]([O-])C1. The predicted molar refractivity (Wildman–Crippen MR) is 98.4 cm³/mol. The van der Waals surface area contributed by atoms with Crippen molar-refractivity contribution in [3.05, 3.63) is 33.7 Å². The van der Waals surface area contributed by atoms with Gasteiger partial charge in [0.15, 0.2) is 6.04 Å². The number of amides is 2. The Hall–Kier alpha value is -2.37. The van der Waals surface area contributed by atoms with Gasteiger partial charge in [0.1, 0.15) is 18.1 Å². The lowest BCUT2D eigenvalue weighted by Gasteiger charge is -2.48. The second kappa shape index (κ2) is 8.11. The van der Waals surface area contributed by atoms with Crippen LogP contribution in [0.5, 0.6) is 0 Å². The number of oxime groups is 1. The van der Waals surface area contributed by atoms with E-state index in [2.05, 4.69) is 10.5 Å². The molecule has 0 aromatic carbocycles. The van der Waals surface area contributed by atoms with Crippen LogP contribution in [0, 0.1) is 0 Å². The van der Waals surface area contributed by atoms with E-state index in [4.69, 9.17) is 4.84 Å². The average molecular weight is 411 g/mol. The number of hydrogen-bond acceptors (Lipinski definition) is 7. The summed E-state index contributed by atoms with van der Waals surface area (Å²) >= 11 is -0.168. The first kappa shape index (κ1) is 19.4. The third kappa shape index (κ3) is 3.84. The summed E-state index contributed by atoms with van der Waals surface area (Å²) in [5, 5.41) is 16.6. The Kier molecular flexibility index (Phi) is 5.82. The highest BCUT2D eigenvalue weighted by atomic mass is 32.2. The molecule has 1 aromatic rings. The van der Waals surface area contributed by atoms with Gasteiger partial charge in [-0.05, 0) is 29.5 Å². The minimum Gasteiger partial charge on any atom is -0.614 e. The molecule has 0 aliphatic carbocycles. The lowest BCUT2D eigenvalue weighted by atomic mass is 10.0. The number of carboxylic acids is 1. The number of fused-ring (bicyclic) bond motifs is 1. The normalized spacial score (nSPS) is 24.6. The van der Waals surface area contributed by atoms with Gasteiger partial charge >= 0.3 is 5.97 Å². The zero-order valence-electron chi connectivity index (χ0n) is 14.3. The summed E-state index contributed by atoms with van der Waals surface area (Å²) in [6, 6.07) is 2.61. The Morgan fingerprint density at radius 2 is 2.37 bits per heavy atom. The molecule has 3 heterocycles. The summed E-state index contributed by atoms with van der Waals surface area (Å²) in [6.07, 6.45) is 1.27. The molecule has 27 heavy (non-hydrogen) atoms. The number of nitrogens with one attached hydrogen (secondary N) is 1. The highest BCUT2D eigenvalue weighted by Gasteiger charge is 2.60. The fourth-order valence-electron chi connectivity index (χ4n) is 2.88. The third-order valence-electron chi connectivity index (χ3n) is 4.00. The van der Waals surface area contributed by atoms with Crippen LogP contribution in [0.15, 0.2) is 33.9 Å². The standard InChI is InChI=1S/C16H17N3O6S2/c1-2-25-17-7-9-8-27(24)15-12(14(21)19(15)13(9)16(22)23)18-11(20)6-10-4-3-5-26-10/h3-5,7,12,15H,2,6,8H2,1H3,(H,18,20)(H,22,23)/t12?,15-,27?/m0/s1. The van der Waals surface area contributed by atoms with Crippen molar-refractivity contribution in [2.75, 3.05) is 12.4 Å². The molecule has 11 heteroatoms. The molecule has 0 bridgehead atoms. The molecule has 2 N–H and O–H groups in total. The second-order valence-corrected chi connectivity index (χ2v) is 8.32. The smallest absolute Gasteiger partial charge is 0.353 e. The lowest BCUT2D eigenvalue weighted by molar-refractivity contribution is -0.151. The summed E-state index contributed by atoms with van der Waals surface area (Å²) in [4.78, 5) is 42.9. The Labute approximate surface area is 161 Å². The number of carbonyl (C=O) groups excluding carboxylic acids is 2. The largest absolute Gasteiger partial charge is 0.614 e. The summed E-state index contributed by atoms with van der Waals surface area (Å²) in [7, 11) is 0. The first-order valence-corrected chi connectivity index (χ1v) is 10.3. The number of β-lactam (4-membered cyclic amide) rings is 1. The van der Waals surface area contributed by atoms with Crippen molar-refractivity contribution in [3.63, 3.8) is 0 Å². The van der Waals surface area contributed by atoms with Crippen LogP contribution >= 0.6 is 11.3 Å². The molecule has 9 nitrogen and oxygen atoms in total. The Bertz CT molecular complexity index is 807. The van der Waals surface area contributed by atoms with E-state index in [0.29, 0.717) is 6.61 Å². The van der Waals surface area contributed by atoms with Crippen molar-refractivity contribution in [2.45, 2.75) is 24.8 Å². The van der Waals surface area contributed by atoms with Crippen LogP contribution < -0.4 is 5.32 Å². The van der Waals surface area contributed by atoms with Gasteiger partial charge in [0, 0.05) is 4.88 Å². The highest BCUT2D eigenvalue weighted by Crippen LogP contribution is 2.36. The summed E-state index contributed by atoms with van der Waals surface area (Å²) in [6.45, 7) is 2.00. The first-order chi connectivity index (χ1) is 12.9. The maximum atomic E-state index is 12.6. The topological polar surface area (TPSA) is 131 Å². The molecule has 0 saturated carbocycles. The van der Waals surface area contributed by atoms with Crippen LogP contribution in [-0.4, -0.2) is 62.3 Å². The Morgan fingerprint density at radius 1 is 1.59 bits per heavy atom. The second-order valence-electron chi connectivity index (χ2n) is 5.76. The molecular weight excluding hydrogens is 394 g/mol. The number of aliphatic carboxylic acids is 1. The van der Waals surface area contributed by atoms with Gasteiger partial charge in [-0.15, -0.1) is 11.3 Å². The number of carbonyl (C=O) groups is 3. The van der Waals surface area contributed by atoms with Gasteiger partial charge in [0.2, 0.25) is 11.3 Å². The van der Waals surface area contributed by atoms with Crippen molar-refractivity contribution < 1.29 is 28.9 Å². The summed E-state index contributed by atoms with van der Waals surface area (Å²) in [5.74, 6) is -2.40. The van der Waals surface area contributed by atoms with Crippen LogP contribution in [0.4, 0.5) is 0 Å². The quantitative estimate of drug-likeness (QED) is 0.282. The number of thiophene rings is 1. The van der Waals surface area contributed by atoms with E-state index in [1.807, 2.05) is 11.4 Å². The molecule has 2 aliphatic heterocycles. The molecule has 1 aromatic heterocycles. The van der Waals surface area contributed by atoms with E-state index in [1.54, 1.807) is 13.0 Å². The maximum absolute atomic E-state index is 12.6. The van der Waals surface area contributed by atoms with E-state index in [0.717, 1.165) is 16.0 Å². The van der Waals surface area contributed by atoms with Crippen molar-refractivity contribution in [2.24, 2.45) is 5.16 Å². The number of carboxylic acid groups (broad SMARTS) is 1. The van der Waals surface area contributed by atoms with Gasteiger partial charge in [0.05, 0.1) is 18.2 Å². The molecular formula is C16H17N3O6S2. The monoisotopic (exact) mass is 411 g/mol. The molecule has 0 radical (unpaired) electrons. The number of hydrogen-bond donors (Lipinski definition) is 2. The van der Waals surface area contributed by atoms with E-state index in [1.165, 1.54) is 11.3 Å². The maximum Gasteiger partial charge on any atom is 0.353 e. The van der Waals surface area contributed by atoms with Crippen molar-refractivity contribution >= 4 is 46.5 Å². The molecule has 144 valence electrons. The zero-order chi connectivity index (χ0) is 19.6. The minimum atomic E-state index is -1.58. The van der Waals surface area contributed by atoms with Crippen LogP contribution in [0.3, 0.4) is 0 Å². The van der Waals surface area contributed by atoms with Crippen molar-refractivity contribution in [3.8, 4) is 0 Å². The van der Waals surface area contributed by atoms with Crippen LogP contribution in [-0.2, 0) is 36.8 Å². The van der Waals surface area contributed by atoms with Crippen molar-refractivity contribution in [1.82, 2.24) is 10.2 Å². The van der Waals surface area contributed by atoms with Gasteiger partial charge in [-0.1, -0.05) is 11.2 Å². The molecule has 2 aliphatic rings. The molecule has 3 rings (SSSR count). The van der Waals surface area contributed by atoms with E-state index >= 15 is 0 Å². The summed E-state index contributed by atoms with van der Waals surface area (Å²) in [5.41, 5.74) is -0.140. The Morgan fingerprint density at radius 3 is 3.00 bits per heavy atom. The molecule has 0 spiro atoms. The fraction of sp³-hybridized carbons (Fsp3) is 0.375. The van der Waals surface area contributed by atoms with Gasteiger partial charge in [-0.3, -0.25) is 14.5 Å². The highest BCUT2D eigenvalue weighted by molar-refractivity contribution is 7.92. The third-order valence-corrected chi connectivity index (χ3v) is 6.50. The molecule has 1 fully saturated rings. The van der Waals surface area contributed by atoms with E-state index in [-0.39, 0.29) is 29.4 Å². The van der Waals surface area contributed by atoms with Gasteiger partial charge in [-0.25, -0.2) is 4.79 Å². The van der Waals surface area contributed by atoms with Gasteiger partial charge in [0.25, 0.3) is 5.91 Å². The van der Waals surface area contributed by atoms with Gasteiger partial charge < -0.3 is 19.8 Å². The first-order valence-electron chi connectivity index (χ1n) is 8.07. The average Bonchev–Trinajstić information content (AvgIpc) is 3.12. The van der Waals surface area contributed by atoms with E-state index in [9.17, 15) is 24.0 Å². The molecule has 3 atom stereocenters. The molecule has 1 saturated heterocycles. The van der Waals surface area contributed by atoms with Crippen LogP contribution in [0.25, 0.3) is 0 Å². The minimum absolute atomic E-state index is 0.0933. The van der Waals surface area contributed by atoms with Gasteiger partial charge in [-0.2, -0.15) is 0 Å². The van der Waals surface area contributed by atoms with Crippen LogP contribution in [0.2, 0.25) is 0 Å². The summed E-state index contributed by atoms with van der Waals surface area (Å²) < 4.78 is 12.6. The van der Waals surface area contributed by atoms with E-state index < -0.39 is 34.5 Å². The van der Waals surface area contributed by atoms with Crippen LogP contribution in [0.1, 0.15) is 11.8 Å². The number of nitrogens with zero attached hydrogens (tertiary/aromatic N) is 2. The zero-order valence-corrected chi connectivity index (χ0v) is 15.9. The van der Waals surface area contributed by atoms with Crippen molar-refractivity contribution in [1.29, 1.82) is 0 Å². The molecule has 2 unspecified atom stereocenters. The predicted octanol–water partition coefficient (Wildman–Crippen LogP) is 0.0670. The Balaban J connectivity index is 1.76. The fourth-order valence-corrected chi connectivity index (χ4v) is 5.20. The lowest BCUT2D eigenvalue weighted by Crippen LogP contribution is -2.74. The number of rotatable bonds is 7.